The van der Waals surface area contributed by atoms with Crippen LogP contribution in [-0.4, -0.2) is 9.97 Å². The van der Waals surface area contributed by atoms with Crippen LogP contribution < -0.4 is 5.73 Å². The number of hydrogen-bond acceptors (Lipinski definition) is 2. The van der Waals surface area contributed by atoms with E-state index in [1.165, 1.54) is 5.56 Å². The van der Waals surface area contributed by atoms with Crippen molar-refractivity contribution >= 4 is 11.0 Å². The Labute approximate surface area is 96.1 Å². The molecule has 16 heavy (non-hydrogen) atoms. The second kappa shape index (κ2) is 3.59. The fourth-order valence-corrected chi connectivity index (χ4v) is 1.69. The summed E-state index contributed by atoms with van der Waals surface area (Å²) < 4.78 is 0. The highest BCUT2D eigenvalue weighted by atomic mass is 15.0. The minimum Gasteiger partial charge on any atom is -0.340 e. The predicted molar refractivity (Wildman–Crippen MR) is 67.4 cm³/mol. The number of fused-ring (bicyclic) bond motifs is 1. The molecule has 0 aliphatic heterocycles. The van der Waals surface area contributed by atoms with Crippen molar-refractivity contribution in [1.29, 1.82) is 0 Å². The van der Waals surface area contributed by atoms with Gasteiger partial charge in [0.1, 0.15) is 5.82 Å². The highest BCUT2D eigenvalue weighted by Crippen LogP contribution is 2.22. The fraction of sp³-hybridized carbons (Fsp3) is 0.462. The predicted octanol–water partition coefficient (Wildman–Crippen LogP) is 2.88. The number of aromatic nitrogens is 2. The molecule has 3 heteroatoms. The van der Waals surface area contributed by atoms with E-state index in [-0.39, 0.29) is 0 Å². The van der Waals surface area contributed by atoms with E-state index in [9.17, 15) is 0 Å². The molecule has 1 heterocycles. The van der Waals surface area contributed by atoms with Crippen molar-refractivity contribution in [2.24, 2.45) is 5.73 Å². The number of aromatic amines is 1. The normalized spacial score (nSPS) is 12.6. The van der Waals surface area contributed by atoms with Gasteiger partial charge in [0.15, 0.2) is 0 Å². The van der Waals surface area contributed by atoms with E-state index < -0.39 is 5.54 Å². The molecule has 1 aromatic heterocycles. The summed E-state index contributed by atoms with van der Waals surface area (Å²) in [4.78, 5) is 7.80. The number of benzene rings is 1. The quantitative estimate of drug-likeness (QED) is 0.812. The van der Waals surface area contributed by atoms with Gasteiger partial charge in [-0.05, 0) is 37.5 Å². The zero-order valence-electron chi connectivity index (χ0n) is 10.3. The minimum absolute atomic E-state index is 0.420. The van der Waals surface area contributed by atoms with Gasteiger partial charge in [0.2, 0.25) is 0 Å². The average Bonchev–Trinajstić information content (AvgIpc) is 2.58. The first-order valence-corrected chi connectivity index (χ1v) is 5.67. The first-order valence-electron chi connectivity index (χ1n) is 5.67. The van der Waals surface area contributed by atoms with Crippen LogP contribution in [0.4, 0.5) is 0 Å². The zero-order valence-corrected chi connectivity index (χ0v) is 10.3. The van der Waals surface area contributed by atoms with Gasteiger partial charge in [0, 0.05) is 0 Å². The fourth-order valence-electron chi connectivity index (χ4n) is 1.69. The highest BCUT2D eigenvalue weighted by Gasteiger charge is 2.18. The zero-order chi connectivity index (χ0) is 11.9. The van der Waals surface area contributed by atoms with E-state index in [0.29, 0.717) is 5.92 Å². The third-order valence-electron chi connectivity index (χ3n) is 2.78. The highest BCUT2D eigenvalue weighted by molar-refractivity contribution is 5.76. The molecule has 0 unspecified atom stereocenters. The number of imidazole rings is 1. The molecule has 3 N–H and O–H groups in total. The molecule has 0 radical (unpaired) electrons. The molecule has 0 spiro atoms. The number of nitrogens with one attached hydrogen (secondary N) is 1. The van der Waals surface area contributed by atoms with E-state index in [1.54, 1.807) is 0 Å². The van der Waals surface area contributed by atoms with Crippen LogP contribution >= 0.6 is 0 Å². The lowest BCUT2D eigenvalue weighted by molar-refractivity contribution is 0.522. The molecule has 2 rings (SSSR count). The molecule has 0 aliphatic carbocycles. The monoisotopic (exact) mass is 217 g/mol. The Balaban J connectivity index is 2.54. The van der Waals surface area contributed by atoms with Crippen molar-refractivity contribution in [2.45, 2.75) is 39.2 Å². The molecule has 0 saturated carbocycles. The van der Waals surface area contributed by atoms with Gasteiger partial charge in [-0.2, -0.15) is 0 Å². The Bertz CT molecular complexity index is 503. The second-order valence-electron chi connectivity index (χ2n) is 5.24. The van der Waals surface area contributed by atoms with Crippen LogP contribution in [0.25, 0.3) is 11.0 Å². The van der Waals surface area contributed by atoms with Crippen LogP contribution in [0.1, 0.15) is 45.0 Å². The lowest BCUT2D eigenvalue weighted by Gasteiger charge is -2.14. The summed E-state index contributed by atoms with van der Waals surface area (Å²) in [5.74, 6) is 1.37. The summed E-state index contributed by atoms with van der Waals surface area (Å²) >= 11 is 0. The van der Waals surface area contributed by atoms with Crippen LogP contribution in [0.3, 0.4) is 0 Å². The number of nitrogens with two attached hydrogens (primary N) is 1. The molecule has 0 amide bonds. The second-order valence-corrected chi connectivity index (χ2v) is 5.24. The van der Waals surface area contributed by atoms with Crippen molar-refractivity contribution in [1.82, 2.24) is 9.97 Å². The molecule has 0 aliphatic rings. The van der Waals surface area contributed by atoms with Crippen LogP contribution in [-0.2, 0) is 5.54 Å². The third-order valence-corrected chi connectivity index (χ3v) is 2.78. The molecule has 0 fully saturated rings. The van der Waals surface area contributed by atoms with E-state index in [1.807, 2.05) is 13.8 Å². The van der Waals surface area contributed by atoms with E-state index in [2.05, 4.69) is 42.0 Å². The minimum atomic E-state index is -0.420. The molecule has 0 atom stereocenters. The Hall–Kier alpha value is -1.35. The molecule has 86 valence electrons. The molecular formula is C13H19N3. The van der Waals surface area contributed by atoms with Crippen molar-refractivity contribution in [3.05, 3.63) is 29.6 Å². The van der Waals surface area contributed by atoms with Gasteiger partial charge in [-0.3, -0.25) is 0 Å². The summed E-state index contributed by atoms with van der Waals surface area (Å²) in [6, 6.07) is 6.33. The molecule has 0 saturated heterocycles. The maximum Gasteiger partial charge on any atom is 0.126 e. The Morgan fingerprint density at radius 1 is 1.31 bits per heavy atom. The Morgan fingerprint density at radius 3 is 2.56 bits per heavy atom. The average molecular weight is 217 g/mol. The summed E-state index contributed by atoms with van der Waals surface area (Å²) in [6.45, 7) is 8.28. The summed E-state index contributed by atoms with van der Waals surface area (Å²) in [5.41, 5.74) is 8.98. The summed E-state index contributed by atoms with van der Waals surface area (Å²) in [7, 11) is 0. The molecule has 2 aromatic rings. The van der Waals surface area contributed by atoms with Crippen LogP contribution in [0.15, 0.2) is 18.2 Å². The van der Waals surface area contributed by atoms with Gasteiger partial charge < -0.3 is 10.7 Å². The standard InChI is InChI=1S/C13H19N3/c1-8(2)9-5-6-10-11(7-9)16-12(15-10)13(3,4)14/h5-8H,14H2,1-4H3,(H,15,16). The van der Waals surface area contributed by atoms with Gasteiger partial charge in [-0.25, -0.2) is 4.98 Å². The van der Waals surface area contributed by atoms with Crippen molar-refractivity contribution < 1.29 is 0 Å². The first kappa shape index (κ1) is 11.1. The molecule has 3 nitrogen and oxygen atoms in total. The molecule has 1 aromatic carbocycles. The van der Waals surface area contributed by atoms with Crippen LogP contribution in [0.5, 0.6) is 0 Å². The first-order chi connectivity index (χ1) is 7.38. The van der Waals surface area contributed by atoms with Gasteiger partial charge in [-0.15, -0.1) is 0 Å². The molecular weight excluding hydrogens is 198 g/mol. The lowest BCUT2D eigenvalue weighted by Crippen LogP contribution is -2.30. The van der Waals surface area contributed by atoms with E-state index in [4.69, 9.17) is 5.73 Å². The topological polar surface area (TPSA) is 54.7 Å². The van der Waals surface area contributed by atoms with Gasteiger partial charge in [-0.1, -0.05) is 19.9 Å². The maximum atomic E-state index is 6.02. The summed E-state index contributed by atoms with van der Waals surface area (Å²) in [6.07, 6.45) is 0. The van der Waals surface area contributed by atoms with Crippen molar-refractivity contribution in [3.63, 3.8) is 0 Å². The van der Waals surface area contributed by atoms with Crippen molar-refractivity contribution in [2.75, 3.05) is 0 Å². The number of rotatable bonds is 2. The Kier molecular flexibility index (Phi) is 2.50. The maximum absolute atomic E-state index is 6.02. The number of hydrogen-bond donors (Lipinski definition) is 2. The van der Waals surface area contributed by atoms with Crippen molar-refractivity contribution in [3.8, 4) is 0 Å². The van der Waals surface area contributed by atoms with Crippen LogP contribution in [0.2, 0.25) is 0 Å². The largest absolute Gasteiger partial charge is 0.340 e. The number of H-pyrrole nitrogens is 1. The van der Waals surface area contributed by atoms with Gasteiger partial charge >= 0.3 is 0 Å². The Morgan fingerprint density at radius 2 is 2.00 bits per heavy atom. The smallest absolute Gasteiger partial charge is 0.126 e. The van der Waals surface area contributed by atoms with Gasteiger partial charge in [0.05, 0.1) is 16.6 Å². The number of nitrogens with zero attached hydrogens (tertiary/aromatic N) is 1. The van der Waals surface area contributed by atoms with Gasteiger partial charge in [0.25, 0.3) is 0 Å². The molecule has 0 bridgehead atoms. The van der Waals surface area contributed by atoms with E-state index in [0.717, 1.165) is 16.9 Å². The van der Waals surface area contributed by atoms with E-state index >= 15 is 0 Å². The SMILES string of the molecule is CC(C)c1ccc2nc(C(C)(C)N)[nH]c2c1. The summed E-state index contributed by atoms with van der Waals surface area (Å²) in [5, 5.41) is 0. The van der Waals surface area contributed by atoms with Crippen LogP contribution in [0, 0.1) is 0 Å². The lowest BCUT2D eigenvalue weighted by atomic mass is 10.0. The third kappa shape index (κ3) is 1.95.